The van der Waals surface area contributed by atoms with Crippen LogP contribution < -0.4 is 25.0 Å². The summed E-state index contributed by atoms with van der Waals surface area (Å²) in [5.74, 6) is -0.229. The highest BCUT2D eigenvalue weighted by molar-refractivity contribution is 6.07. The van der Waals surface area contributed by atoms with Crippen molar-refractivity contribution >= 4 is 29.1 Å². The molecule has 0 unspecified atom stereocenters. The maximum atomic E-state index is 13.7. The molecule has 0 aromatic heterocycles. The van der Waals surface area contributed by atoms with E-state index in [-0.39, 0.29) is 17.7 Å². The second-order valence-electron chi connectivity index (χ2n) is 10.1. The molecule has 2 aliphatic heterocycles. The molecule has 0 aliphatic carbocycles. The Hall–Kier alpha value is -4.64. The summed E-state index contributed by atoms with van der Waals surface area (Å²) in [4.78, 5) is 45.2. The first-order valence-electron chi connectivity index (χ1n) is 13.8. The average Bonchev–Trinajstić information content (AvgIpc) is 3.04. The summed E-state index contributed by atoms with van der Waals surface area (Å²) in [7, 11) is 3.03. The lowest BCUT2D eigenvalue weighted by atomic mass is 10.1. The number of nitrogens with zero attached hydrogens (tertiary/aromatic N) is 3. The minimum atomic E-state index is -0.454. The van der Waals surface area contributed by atoms with Gasteiger partial charge >= 0.3 is 0 Å². The zero-order valence-electron chi connectivity index (χ0n) is 23.7. The van der Waals surface area contributed by atoms with Crippen LogP contribution in [0.2, 0.25) is 0 Å². The van der Waals surface area contributed by atoms with Crippen LogP contribution in [0.1, 0.15) is 31.1 Å². The number of amides is 3. The largest absolute Gasteiger partial charge is 0.493 e. The summed E-state index contributed by atoms with van der Waals surface area (Å²) in [6.45, 7) is 4.48. The highest BCUT2D eigenvalue weighted by atomic mass is 19.1. The van der Waals surface area contributed by atoms with Gasteiger partial charge < -0.3 is 34.8 Å². The van der Waals surface area contributed by atoms with Gasteiger partial charge in [-0.05, 0) is 54.6 Å². The Morgan fingerprint density at radius 3 is 2.05 bits per heavy atom. The first-order valence-corrected chi connectivity index (χ1v) is 13.8. The summed E-state index contributed by atoms with van der Waals surface area (Å²) in [5.41, 5.74) is 2.37. The highest BCUT2D eigenvalue weighted by Crippen LogP contribution is 2.32. The van der Waals surface area contributed by atoms with Crippen LogP contribution in [0.15, 0.2) is 60.7 Å². The standard InChI is InChI=1S/C31H34FN5O5/c1-41-27-9-7-21(20-28(27)42-2)29(38)34-25-19-23(31(40)36-12-10-33-11-13-36)6-8-26(25)35-14-16-37(17-15-35)30(39)22-4-3-5-24(32)18-22/h3-9,18-20,33H,10-17H2,1-2H3,(H,34,38). The van der Waals surface area contributed by atoms with Crippen LogP contribution in [-0.2, 0) is 0 Å². The van der Waals surface area contributed by atoms with Gasteiger partial charge in [0, 0.05) is 69.0 Å². The molecule has 11 heteroatoms. The van der Waals surface area contributed by atoms with Crippen molar-refractivity contribution in [3.8, 4) is 11.5 Å². The molecule has 0 atom stereocenters. The van der Waals surface area contributed by atoms with Gasteiger partial charge in [0.2, 0.25) is 0 Å². The molecule has 2 saturated heterocycles. The number of methoxy groups -OCH3 is 2. The monoisotopic (exact) mass is 575 g/mol. The number of nitrogens with one attached hydrogen (secondary N) is 2. The van der Waals surface area contributed by atoms with Crippen molar-refractivity contribution in [3.63, 3.8) is 0 Å². The third-order valence-corrected chi connectivity index (χ3v) is 7.52. The van der Waals surface area contributed by atoms with Gasteiger partial charge in [-0.25, -0.2) is 4.39 Å². The summed E-state index contributed by atoms with van der Waals surface area (Å²) in [6.07, 6.45) is 0. The highest BCUT2D eigenvalue weighted by Gasteiger charge is 2.26. The number of hydrogen-bond donors (Lipinski definition) is 2. The topological polar surface area (TPSA) is 103 Å². The second kappa shape index (κ2) is 12.9. The Labute approximate surface area is 244 Å². The molecule has 0 saturated carbocycles. The fraction of sp³-hybridized carbons (Fsp3) is 0.323. The lowest BCUT2D eigenvalue weighted by Gasteiger charge is -2.37. The Morgan fingerprint density at radius 2 is 1.38 bits per heavy atom. The van der Waals surface area contributed by atoms with Gasteiger partial charge in [0.25, 0.3) is 17.7 Å². The number of ether oxygens (including phenoxy) is 2. The lowest BCUT2D eigenvalue weighted by Crippen LogP contribution is -2.49. The first kappa shape index (κ1) is 28.9. The Morgan fingerprint density at radius 1 is 0.738 bits per heavy atom. The van der Waals surface area contributed by atoms with E-state index in [9.17, 15) is 18.8 Å². The number of rotatable bonds is 7. The van der Waals surface area contributed by atoms with E-state index in [1.807, 2.05) is 6.07 Å². The van der Waals surface area contributed by atoms with Gasteiger partial charge in [-0.3, -0.25) is 14.4 Å². The SMILES string of the molecule is COc1ccc(C(=O)Nc2cc(C(=O)N3CCNCC3)ccc2N2CCN(C(=O)c3cccc(F)c3)CC2)cc1OC. The molecule has 3 aromatic rings. The summed E-state index contributed by atoms with van der Waals surface area (Å²) in [5, 5.41) is 6.24. The molecule has 2 fully saturated rings. The number of halogens is 1. The van der Waals surface area contributed by atoms with Gasteiger partial charge in [0.1, 0.15) is 5.82 Å². The van der Waals surface area contributed by atoms with E-state index in [1.165, 1.54) is 32.4 Å². The maximum Gasteiger partial charge on any atom is 0.255 e. The number of carbonyl (C=O) groups excluding carboxylic acids is 3. The Bertz CT molecular complexity index is 1470. The summed E-state index contributed by atoms with van der Waals surface area (Å²) < 4.78 is 24.3. The fourth-order valence-corrected chi connectivity index (χ4v) is 5.22. The molecule has 220 valence electrons. The second-order valence-corrected chi connectivity index (χ2v) is 10.1. The zero-order valence-corrected chi connectivity index (χ0v) is 23.7. The Balaban J connectivity index is 1.38. The predicted molar refractivity (Wildman–Crippen MR) is 157 cm³/mol. The van der Waals surface area contributed by atoms with Crippen LogP contribution in [0.5, 0.6) is 11.5 Å². The van der Waals surface area contributed by atoms with Crippen LogP contribution in [0.25, 0.3) is 0 Å². The van der Waals surface area contributed by atoms with Crippen LogP contribution in [0, 0.1) is 5.82 Å². The maximum absolute atomic E-state index is 13.7. The van der Waals surface area contributed by atoms with Crippen molar-refractivity contribution in [2.75, 3.05) is 76.8 Å². The Kier molecular flexibility index (Phi) is 8.87. The van der Waals surface area contributed by atoms with E-state index in [0.29, 0.717) is 73.1 Å². The molecule has 5 rings (SSSR count). The average molecular weight is 576 g/mol. The van der Waals surface area contributed by atoms with Crippen molar-refractivity contribution in [2.45, 2.75) is 0 Å². The quantitative estimate of drug-likeness (QED) is 0.446. The van der Waals surface area contributed by atoms with Gasteiger partial charge in [-0.1, -0.05) is 6.07 Å². The molecule has 0 bridgehead atoms. The van der Waals surface area contributed by atoms with E-state index in [1.54, 1.807) is 46.2 Å². The van der Waals surface area contributed by atoms with E-state index in [2.05, 4.69) is 15.5 Å². The van der Waals surface area contributed by atoms with E-state index in [4.69, 9.17) is 9.47 Å². The normalized spacial score (nSPS) is 15.3. The number of carbonyl (C=O) groups is 3. The van der Waals surface area contributed by atoms with Gasteiger partial charge in [-0.2, -0.15) is 0 Å². The predicted octanol–water partition coefficient (Wildman–Crippen LogP) is 3.10. The van der Waals surface area contributed by atoms with E-state index in [0.717, 1.165) is 18.8 Å². The zero-order chi connectivity index (χ0) is 29.6. The molecule has 10 nitrogen and oxygen atoms in total. The van der Waals surface area contributed by atoms with Crippen molar-refractivity contribution in [3.05, 3.63) is 83.2 Å². The minimum absolute atomic E-state index is 0.102. The third-order valence-electron chi connectivity index (χ3n) is 7.52. The molecular weight excluding hydrogens is 541 g/mol. The molecule has 0 spiro atoms. The van der Waals surface area contributed by atoms with Crippen molar-refractivity contribution < 1.29 is 28.2 Å². The van der Waals surface area contributed by atoms with Crippen molar-refractivity contribution in [2.24, 2.45) is 0 Å². The number of hydrogen-bond acceptors (Lipinski definition) is 7. The van der Waals surface area contributed by atoms with Crippen LogP contribution in [0.4, 0.5) is 15.8 Å². The first-order chi connectivity index (χ1) is 20.4. The number of benzene rings is 3. The molecule has 2 heterocycles. The molecule has 42 heavy (non-hydrogen) atoms. The molecule has 3 amide bonds. The number of piperazine rings is 2. The van der Waals surface area contributed by atoms with E-state index < -0.39 is 5.82 Å². The van der Waals surface area contributed by atoms with Crippen LogP contribution in [0.3, 0.4) is 0 Å². The number of anilines is 2. The van der Waals surface area contributed by atoms with E-state index >= 15 is 0 Å². The summed E-state index contributed by atoms with van der Waals surface area (Å²) in [6, 6.07) is 15.9. The van der Waals surface area contributed by atoms with Gasteiger partial charge in [0.05, 0.1) is 25.6 Å². The molecule has 2 aliphatic rings. The smallest absolute Gasteiger partial charge is 0.255 e. The third kappa shape index (κ3) is 6.31. The molecule has 0 radical (unpaired) electrons. The molecule has 3 aromatic carbocycles. The van der Waals surface area contributed by atoms with Crippen molar-refractivity contribution in [1.29, 1.82) is 0 Å². The molecule has 2 N–H and O–H groups in total. The van der Waals surface area contributed by atoms with Crippen LogP contribution in [-0.4, -0.2) is 94.1 Å². The van der Waals surface area contributed by atoms with Gasteiger partial charge in [0.15, 0.2) is 11.5 Å². The lowest BCUT2D eigenvalue weighted by molar-refractivity contribution is 0.0731. The fourth-order valence-electron chi connectivity index (χ4n) is 5.22. The molecular formula is C31H34FN5O5. The summed E-state index contributed by atoms with van der Waals surface area (Å²) >= 11 is 0. The van der Waals surface area contributed by atoms with Gasteiger partial charge in [-0.15, -0.1) is 0 Å². The minimum Gasteiger partial charge on any atom is -0.493 e. The van der Waals surface area contributed by atoms with Crippen molar-refractivity contribution in [1.82, 2.24) is 15.1 Å². The van der Waals surface area contributed by atoms with Crippen LogP contribution >= 0.6 is 0 Å².